The average molecular weight is 285 g/mol. The number of fused-ring (bicyclic) bond motifs is 2. The van der Waals surface area contributed by atoms with Gasteiger partial charge in [0.1, 0.15) is 6.07 Å². The number of pyridine rings is 1. The molecule has 0 spiro atoms. The maximum atomic E-state index is 8.98. The molecule has 0 aliphatic heterocycles. The number of imidazole rings is 1. The van der Waals surface area contributed by atoms with E-state index in [0.29, 0.717) is 12.1 Å². The van der Waals surface area contributed by atoms with Gasteiger partial charge in [-0.3, -0.25) is 4.98 Å². The quantitative estimate of drug-likeness (QED) is 0.568. The Morgan fingerprint density at radius 1 is 1.09 bits per heavy atom. The van der Waals surface area contributed by atoms with Crippen molar-refractivity contribution < 1.29 is 0 Å². The van der Waals surface area contributed by atoms with Crippen LogP contribution < -0.4 is 0 Å². The first-order chi connectivity index (χ1) is 10.8. The third kappa shape index (κ3) is 2.07. The van der Waals surface area contributed by atoms with Crippen LogP contribution in [0.3, 0.4) is 0 Å². The molecule has 0 aliphatic carbocycles. The van der Waals surface area contributed by atoms with Gasteiger partial charge in [-0.15, -0.1) is 0 Å². The maximum Gasteiger partial charge on any atom is 0.161 e. The van der Waals surface area contributed by atoms with E-state index in [9.17, 15) is 0 Å². The summed E-state index contributed by atoms with van der Waals surface area (Å²) < 4.78 is 1.73. The summed E-state index contributed by atoms with van der Waals surface area (Å²) in [6, 6.07) is 15.7. The number of rotatable bonds is 2. The molecule has 0 unspecified atom stereocenters. The number of hydrogen-bond donors (Lipinski definition) is 0. The van der Waals surface area contributed by atoms with Crippen molar-refractivity contribution in [2.45, 2.75) is 6.42 Å². The molecule has 0 amide bonds. The molecule has 4 aromatic rings. The number of benzene rings is 1. The van der Waals surface area contributed by atoms with E-state index in [1.807, 2.05) is 18.2 Å². The highest BCUT2D eigenvalue weighted by molar-refractivity contribution is 5.79. The van der Waals surface area contributed by atoms with E-state index >= 15 is 0 Å². The second-order valence-corrected chi connectivity index (χ2v) is 5.06. The van der Waals surface area contributed by atoms with E-state index in [1.54, 1.807) is 29.0 Å². The van der Waals surface area contributed by atoms with Crippen LogP contribution in [-0.2, 0) is 6.42 Å². The number of nitriles is 1. The molecule has 1 aromatic carbocycles. The fraction of sp³-hybridized carbons (Fsp3) is 0.0588. The molecule has 0 aliphatic rings. The first kappa shape index (κ1) is 12.5. The smallest absolute Gasteiger partial charge is 0.161 e. The first-order valence-electron chi connectivity index (χ1n) is 6.91. The summed E-state index contributed by atoms with van der Waals surface area (Å²) in [5.74, 6) is 0. The molecule has 0 atom stereocenters. The lowest BCUT2D eigenvalue weighted by Gasteiger charge is -2.03. The second-order valence-electron chi connectivity index (χ2n) is 5.06. The van der Waals surface area contributed by atoms with Crippen molar-refractivity contribution >= 4 is 16.6 Å². The minimum atomic E-state index is 0.384. The number of nitrogens with zero attached hydrogens (tertiary/aromatic N) is 5. The third-order valence-corrected chi connectivity index (χ3v) is 3.60. The van der Waals surface area contributed by atoms with Crippen LogP contribution in [0.2, 0.25) is 0 Å². The van der Waals surface area contributed by atoms with Crippen molar-refractivity contribution in [3.8, 4) is 6.07 Å². The summed E-state index contributed by atoms with van der Waals surface area (Å²) in [5, 5.41) is 14.4. The van der Waals surface area contributed by atoms with Crippen molar-refractivity contribution in [3.05, 3.63) is 71.8 Å². The topological polar surface area (TPSA) is 66.9 Å². The van der Waals surface area contributed by atoms with Gasteiger partial charge in [0, 0.05) is 18.0 Å². The molecular weight excluding hydrogens is 274 g/mol. The lowest BCUT2D eigenvalue weighted by Crippen LogP contribution is -2.00. The Morgan fingerprint density at radius 3 is 2.95 bits per heavy atom. The van der Waals surface area contributed by atoms with Crippen molar-refractivity contribution in [3.63, 3.8) is 0 Å². The normalized spacial score (nSPS) is 10.9. The fourth-order valence-electron chi connectivity index (χ4n) is 2.55. The highest BCUT2D eigenvalue weighted by Gasteiger charge is 2.07. The Kier molecular flexibility index (Phi) is 2.80. The molecule has 5 heteroatoms. The first-order valence-corrected chi connectivity index (χ1v) is 6.91. The Morgan fingerprint density at radius 2 is 2.05 bits per heavy atom. The Hall–Kier alpha value is -3.26. The summed E-state index contributed by atoms with van der Waals surface area (Å²) in [6.07, 6.45) is 4.30. The van der Waals surface area contributed by atoms with Gasteiger partial charge in [-0.05, 0) is 35.9 Å². The summed E-state index contributed by atoms with van der Waals surface area (Å²) in [4.78, 5) is 8.66. The zero-order chi connectivity index (χ0) is 14.9. The zero-order valence-corrected chi connectivity index (χ0v) is 11.6. The molecule has 0 radical (unpaired) electrons. The maximum absolute atomic E-state index is 8.98. The number of hydrogen-bond acceptors (Lipinski definition) is 4. The van der Waals surface area contributed by atoms with Crippen LogP contribution >= 0.6 is 0 Å². The molecule has 3 heterocycles. The SMILES string of the molecule is N#Cc1ccc2ncc(Cc3ccc4ncccc4c3)n2n1. The van der Waals surface area contributed by atoms with E-state index in [2.05, 4.69) is 33.3 Å². The summed E-state index contributed by atoms with van der Waals surface area (Å²) in [5.41, 5.74) is 4.22. The van der Waals surface area contributed by atoms with Crippen molar-refractivity contribution in [1.29, 1.82) is 5.26 Å². The largest absolute Gasteiger partial charge is 0.256 e. The molecule has 0 bridgehead atoms. The molecule has 0 saturated heterocycles. The van der Waals surface area contributed by atoms with Crippen LogP contribution in [0.15, 0.2) is 54.9 Å². The lowest BCUT2D eigenvalue weighted by molar-refractivity contribution is 0.861. The van der Waals surface area contributed by atoms with Gasteiger partial charge in [0.25, 0.3) is 0 Å². The highest BCUT2D eigenvalue weighted by Crippen LogP contribution is 2.17. The molecule has 104 valence electrons. The van der Waals surface area contributed by atoms with Crippen molar-refractivity contribution in [2.24, 2.45) is 0 Å². The summed E-state index contributed by atoms with van der Waals surface area (Å²) in [6.45, 7) is 0. The van der Waals surface area contributed by atoms with E-state index in [1.165, 1.54) is 0 Å². The van der Waals surface area contributed by atoms with Gasteiger partial charge in [0.2, 0.25) is 0 Å². The molecule has 4 rings (SSSR count). The van der Waals surface area contributed by atoms with Crippen LogP contribution in [-0.4, -0.2) is 19.6 Å². The van der Waals surface area contributed by atoms with Gasteiger partial charge in [-0.25, -0.2) is 9.50 Å². The molecule has 0 saturated carbocycles. The Balaban J connectivity index is 1.77. The predicted octanol–water partition coefficient (Wildman–Crippen LogP) is 2.74. The lowest BCUT2D eigenvalue weighted by atomic mass is 10.1. The van der Waals surface area contributed by atoms with Gasteiger partial charge < -0.3 is 0 Å². The van der Waals surface area contributed by atoms with Crippen molar-refractivity contribution in [2.75, 3.05) is 0 Å². The molecule has 3 aromatic heterocycles. The van der Waals surface area contributed by atoms with Gasteiger partial charge in [0.15, 0.2) is 11.3 Å². The van der Waals surface area contributed by atoms with E-state index in [0.717, 1.165) is 27.8 Å². The van der Waals surface area contributed by atoms with Gasteiger partial charge in [-0.2, -0.15) is 10.4 Å². The molecule has 0 N–H and O–H groups in total. The van der Waals surface area contributed by atoms with E-state index in [4.69, 9.17) is 5.26 Å². The van der Waals surface area contributed by atoms with E-state index < -0.39 is 0 Å². The van der Waals surface area contributed by atoms with Crippen LogP contribution in [0.25, 0.3) is 16.6 Å². The van der Waals surface area contributed by atoms with Gasteiger partial charge >= 0.3 is 0 Å². The molecular formula is C17H11N5. The Bertz CT molecular complexity index is 1030. The van der Waals surface area contributed by atoms with Crippen LogP contribution in [0.4, 0.5) is 0 Å². The molecule has 0 fully saturated rings. The summed E-state index contributed by atoms with van der Waals surface area (Å²) >= 11 is 0. The number of aromatic nitrogens is 4. The van der Waals surface area contributed by atoms with E-state index in [-0.39, 0.29) is 0 Å². The summed E-state index contributed by atoms with van der Waals surface area (Å²) in [7, 11) is 0. The van der Waals surface area contributed by atoms with Crippen LogP contribution in [0.1, 0.15) is 17.0 Å². The monoisotopic (exact) mass is 285 g/mol. The fourth-order valence-corrected chi connectivity index (χ4v) is 2.55. The third-order valence-electron chi connectivity index (χ3n) is 3.60. The Labute approximate surface area is 126 Å². The minimum absolute atomic E-state index is 0.384. The van der Waals surface area contributed by atoms with Crippen molar-refractivity contribution in [1.82, 2.24) is 19.6 Å². The van der Waals surface area contributed by atoms with Gasteiger partial charge in [0.05, 0.1) is 17.4 Å². The second kappa shape index (κ2) is 4.93. The van der Waals surface area contributed by atoms with Gasteiger partial charge in [-0.1, -0.05) is 12.1 Å². The predicted molar refractivity (Wildman–Crippen MR) is 82.3 cm³/mol. The van der Waals surface area contributed by atoms with Crippen LogP contribution in [0, 0.1) is 11.3 Å². The minimum Gasteiger partial charge on any atom is -0.256 e. The zero-order valence-electron chi connectivity index (χ0n) is 11.6. The standard InChI is InChI=1S/C17H11N5/c18-10-14-4-6-17-20-11-15(22(17)21-14)9-12-3-5-16-13(8-12)2-1-7-19-16/h1-8,11H,9H2. The average Bonchev–Trinajstić information content (AvgIpc) is 2.97. The molecule has 22 heavy (non-hydrogen) atoms. The molecule has 5 nitrogen and oxygen atoms in total. The highest BCUT2D eigenvalue weighted by atomic mass is 15.3. The van der Waals surface area contributed by atoms with Crippen LogP contribution in [0.5, 0.6) is 0 Å².